The van der Waals surface area contributed by atoms with E-state index in [1.165, 1.54) is 0 Å². The highest BCUT2D eigenvalue weighted by Gasteiger charge is 2.16. The zero-order chi connectivity index (χ0) is 13.7. The van der Waals surface area contributed by atoms with Crippen LogP contribution in [0.3, 0.4) is 0 Å². The van der Waals surface area contributed by atoms with Gasteiger partial charge in [0.05, 0.1) is 5.97 Å². The summed E-state index contributed by atoms with van der Waals surface area (Å²) in [4.78, 5) is 15.3. The Morgan fingerprint density at radius 1 is 1.16 bits per heavy atom. The van der Waals surface area contributed by atoms with Gasteiger partial charge in [0.15, 0.2) is 0 Å². The highest BCUT2D eigenvalue weighted by atomic mass is 16.4. The number of anilines is 1. The van der Waals surface area contributed by atoms with Crippen LogP contribution in [0.15, 0.2) is 24.3 Å². The third kappa shape index (κ3) is 3.68. The van der Waals surface area contributed by atoms with E-state index in [9.17, 15) is 9.90 Å². The van der Waals surface area contributed by atoms with Gasteiger partial charge in [0.25, 0.3) is 0 Å². The zero-order valence-electron chi connectivity index (χ0n) is 10.9. The van der Waals surface area contributed by atoms with Crippen LogP contribution in [-0.2, 0) is 0 Å². The molecule has 0 unspecified atom stereocenters. The molecule has 1 aliphatic rings. The molecule has 1 aromatic carbocycles. The van der Waals surface area contributed by atoms with Gasteiger partial charge in [-0.1, -0.05) is 12.1 Å². The fraction of sp³-hybridized carbons (Fsp3) is 0.500. The van der Waals surface area contributed by atoms with E-state index < -0.39 is 5.97 Å². The van der Waals surface area contributed by atoms with Gasteiger partial charge in [-0.2, -0.15) is 0 Å². The predicted molar refractivity (Wildman–Crippen MR) is 71.1 cm³/mol. The fourth-order valence-corrected chi connectivity index (χ4v) is 2.33. The second-order valence-corrected chi connectivity index (χ2v) is 4.74. The summed E-state index contributed by atoms with van der Waals surface area (Å²) in [6.07, 6.45) is 0.820. The van der Waals surface area contributed by atoms with E-state index in [4.69, 9.17) is 5.11 Å². The number of aromatic carboxylic acids is 1. The summed E-state index contributed by atoms with van der Waals surface area (Å²) in [5.74, 6) is -1.14. The van der Waals surface area contributed by atoms with Gasteiger partial charge < -0.3 is 19.9 Å². The Labute approximate surface area is 113 Å². The summed E-state index contributed by atoms with van der Waals surface area (Å²) in [6.45, 7) is 4.98. The summed E-state index contributed by atoms with van der Waals surface area (Å²) < 4.78 is 0. The van der Waals surface area contributed by atoms with Crippen molar-refractivity contribution < 1.29 is 15.0 Å². The van der Waals surface area contributed by atoms with E-state index in [2.05, 4.69) is 9.80 Å². The van der Waals surface area contributed by atoms with Crippen LogP contribution in [0.5, 0.6) is 0 Å². The molecule has 1 aliphatic heterocycles. The van der Waals surface area contributed by atoms with Crippen molar-refractivity contribution >= 4 is 11.7 Å². The Kier molecular flexibility index (Phi) is 4.76. The molecule has 5 nitrogen and oxygen atoms in total. The molecule has 1 heterocycles. The lowest BCUT2D eigenvalue weighted by molar-refractivity contribution is -0.255. The smallest absolute Gasteiger partial charge is 0.0715 e. The molecule has 0 bridgehead atoms. The van der Waals surface area contributed by atoms with Gasteiger partial charge in [-0.3, -0.25) is 4.90 Å². The van der Waals surface area contributed by atoms with Gasteiger partial charge >= 0.3 is 0 Å². The van der Waals surface area contributed by atoms with Crippen LogP contribution in [0, 0.1) is 0 Å². The molecular formula is C14H19N2O3-. The highest BCUT2D eigenvalue weighted by molar-refractivity contribution is 5.86. The molecule has 0 spiro atoms. The Hall–Kier alpha value is -1.59. The third-order valence-corrected chi connectivity index (χ3v) is 3.47. The van der Waals surface area contributed by atoms with Crippen molar-refractivity contribution in [3.63, 3.8) is 0 Å². The summed E-state index contributed by atoms with van der Waals surface area (Å²) in [6, 6.07) is 6.83. The number of carboxylic acid groups (broad SMARTS) is 1. The number of aliphatic hydroxyl groups is 1. The molecule has 5 heteroatoms. The van der Waals surface area contributed by atoms with E-state index in [0.29, 0.717) is 0 Å². The summed E-state index contributed by atoms with van der Waals surface area (Å²) >= 11 is 0. The molecule has 19 heavy (non-hydrogen) atoms. The van der Waals surface area contributed by atoms with Gasteiger partial charge in [-0.05, 0) is 24.1 Å². The molecule has 0 aromatic heterocycles. The van der Waals surface area contributed by atoms with Crippen molar-refractivity contribution in [2.75, 3.05) is 44.2 Å². The van der Waals surface area contributed by atoms with Crippen LogP contribution >= 0.6 is 0 Å². The van der Waals surface area contributed by atoms with Gasteiger partial charge in [-0.15, -0.1) is 0 Å². The molecule has 0 radical (unpaired) electrons. The number of nitrogens with zero attached hydrogens (tertiary/aromatic N) is 2. The number of piperazine rings is 1. The predicted octanol–water partition coefficient (Wildman–Crippen LogP) is -0.445. The van der Waals surface area contributed by atoms with Crippen molar-refractivity contribution in [2.24, 2.45) is 0 Å². The van der Waals surface area contributed by atoms with E-state index in [1.54, 1.807) is 12.1 Å². The normalized spacial score (nSPS) is 16.6. The molecule has 1 aromatic rings. The van der Waals surface area contributed by atoms with E-state index in [-0.39, 0.29) is 12.2 Å². The van der Waals surface area contributed by atoms with Crippen LogP contribution < -0.4 is 10.0 Å². The molecule has 0 saturated carbocycles. The van der Waals surface area contributed by atoms with E-state index >= 15 is 0 Å². The van der Waals surface area contributed by atoms with E-state index in [1.807, 2.05) is 12.1 Å². The minimum Gasteiger partial charge on any atom is -0.545 e. The first-order valence-corrected chi connectivity index (χ1v) is 6.60. The second kappa shape index (κ2) is 6.54. The number of benzene rings is 1. The van der Waals surface area contributed by atoms with Gasteiger partial charge in [0, 0.05) is 45.0 Å². The first kappa shape index (κ1) is 13.8. The molecule has 2 rings (SSSR count). The van der Waals surface area contributed by atoms with Crippen LogP contribution in [-0.4, -0.2) is 55.3 Å². The van der Waals surface area contributed by atoms with Crippen molar-refractivity contribution in [3.8, 4) is 0 Å². The van der Waals surface area contributed by atoms with E-state index in [0.717, 1.165) is 44.8 Å². The maximum atomic E-state index is 10.7. The molecule has 0 amide bonds. The average Bonchev–Trinajstić information content (AvgIpc) is 2.46. The van der Waals surface area contributed by atoms with Crippen molar-refractivity contribution in [1.82, 2.24) is 4.90 Å². The van der Waals surface area contributed by atoms with Crippen LogP contribution in [0.1, 0.15) is 16.8 Å². The average molecular weight is 263 g/mol. The highest BCUT2D eigenvalue weighted by Crippen LogP contribution is 2.17. The number of rotatable bonds is 5. The number of hydrogen-bond acceptors (Lipinski definition) is 5. The molecule has 1 saturated heterocycles. The third-order valence-electron chi connectivity index (χ3n) is 3.47. The molecule has 1 N–H and O–H groups in total. The summed E-state index contributed by atoms with van der Waals surface area (Å²) in [5, 5.41) is 19.5. The maximum Gasteiger partial charge on any atom is 0.0715 e. The lowest BCUT2D eigenvalue weighted by Crippen LogP contribution is -2.46. The van der Waals surface area contributed by atoms with Gasteiger partial charge in [0.1, 0.15) is 0 Å². The molecule has 0 aliphatic carbocycles. The molecule has 0 atom stereocenters. The molecule has 104 valence electrons. The molecule has 1 fully saturated rings. The Morgan fingerprint density at radius 2 is 1.79 bits per heavy atom. The standard InChI is InChI=1S/C14H20N2O3/c17-11-1-6-15-7-9-16(10-8-15)13-4-2-12(3-5-13)14(18)19/h2-5,17H,1,6-11H2,(H,18,19)/p-1. The first-order chi connectivity index (χ1) is 9.20. The van der Waals surface area contributed by atoms with Crippen molar-refractivity contribution in [1.29, 1.82) is 0 Å². The summed E-state index contributed by atoms with van der Waals surface area (Å²) in [7, 11) is 0. The SMILES string of the molecule is O=C([O-])c1ccc(N2CCN(CCCO)CC2)cc1. The van der Waals surface area contributed by atoms with Gasteiger partial charge in [-0.25, -0.2) is 0 Å². The number of carboxylic acids is 1. The van der Waals surface area contributed by atoms with Crippen LogP contribution in [0.4, 0.5) is 5.69 Å². The topological polar surface area (TPSA) is 66.8 Å². The largest absolute Gasteiger partial charge is 0.545 e. The van der Waals surface area contributed by atoms with Gasteiger partial charge in [0.2, 0.25) is 0 Å². The van der Waals surface area contributed by atoms with Crippen molar-refractivity contribution in [2.45, 2.75) is 6.42 Å². The second-order valence-electron chi connectivity index (χ2n) is 4.74. The van der Waals surface area contributed by atoms with Crippen LogP contribution in [0.25, 0.3) is 0 Å². The number of carbonyl (C=O) groups is 1. The fourth-order valence-electron chi connectivity index (χ4n) is 2.33. The molecular weight excluding hydrogens is 244 g/mol. The number of hydrogen-bond donors (Lipinski definition) is 1. The maximum absolute atomic E-state index is 10.7. The lowest BCUT2D eigenvalue weighted by Gasteiger charge is -2.36. The number of carbonyl (C=O) groups excluding carboxylic acids is 1. The number of aliphatic hydroxyl groups excluding tert-OH is 1. The Balaban J connectivity index is 1.88. The van der Waals surface area contributed by atoms with Crippen LogP contribution in [0.2, 0.25) is 0 Å². The van der Waals surface area contributed by atoms with Crippen molar-refractivity contribution in [3.05, 3.63) is 29.8 Å². The first-order valence-electron chi connectivity index (χ1n) is 6.60. The lowest BCUT2D eigenvalue weighted by atomic mass is 10.2. The minimum absolute atomic E-state index is 0.213. The Bertz CT molecular complexity index is 411. The minimum atomic E-state index is -1.14. The quantitative estimate of drug-likeness (QED) is 0.779. The zero-order valence-corrected chi connectivity index (χ0v) is 10.9. The Morgan fingerprint density at radius 3 is 2.32 bits per heavy atom. The summed E-state index contributed by atoms with van der Waals surface area (Å²) in [5.41, 5.74) is 1.26. The monoisotopic (exact) mass is 263 g/mol.